The summed E-state index contributed by atoms with van der Waals surface area (Å²) >= 11 is 1.63. The van der Waals surface area contributed by atoms with Gasteiger partial charge in [-0.15, -0.1) is 6.58 Å². The minimum Gasteiger partial charge on any atom is -0.311 e. The van der Waals surface area contributed by atoms with Crippen molar-refractivity contribution >= 4 is 23.6 Å². The van der Waals surface area contributed by atoms with Crippen LogP contribution in [-0.2, 0) is 6.42 Å². The van der Waals surface area contributed by atoms with E-state index in [1.54, 1.807) is 23.5 Å². The number of nitrogens with zero attached hydrogens (tertiary/aromatic N) is 1. The number of hydrogen-bond acceptors (Lipinski definition) is 3. The average molecular weight is 429 g/mol. The predicted octanol–water partition coefficient (Wildman–Crippen LogP) is 8.36. The first-order valence-electron chi connectivity index (χ1n) is 10.4. The lowest BCUT2D eigenvalue weighted by Crippen LogP contribution is -1.99. The van der Waals surface area contributed by atoms with Crippen LogP contribution >= 0.6 is 11.3 Å². The predicted molar refractivity (Wildman–Crippen MR) is 136 cm³/mol. The molecule has 0 amide bonds. The Hall–Kier alpha value is -2.46. The molecule has 30 heavy (non-hydrogen) atoms. The molecule has 0 saturated heterocycles. The summed E-state index contributed by atoms with van der Waals surface area (Å²) in [4.78, 5) is 0. The van der Waals surface area contributed by atoms with E-state index < -0.39 is 0 Å². The fourth-order valence-corrected chi connectivity index (χ4v) is 3.74. The van der Waals surface area contributed by atoms with Crippen molar-refractivity contribution in [2.24, 2.45) is 5.10 Å². The quantitative estimate of drug-likeness (QED) is 0.204. The summed E-state index contributed by atoms with van der Waals surface area (Å²) in [5.41, 5.74) is 9.29. The highest BCUT2D eigenvalue weighted by Gasteiger charge is 2.15. The molecule has 0 aliphatic carbocycles. The molecule has 4 heteroatoms. The SMILES string of the molecule is C/C=C(\C(F)=C/CC)c1cscc1-c1cccc(CC)c1C.C=CC.C=NNCC. The Labute approximate surface area is 186 Å². The lowest BCUT2D eigenvalue weighted by Gasteiger charge is -2.12. The Bertz CT molecular complexity index is 831. The van der Waals surface area contributed by atoms with Crippen molar-refractivity contribution in [3.8, 4) is 11.1 Å². The molecule has 1 aromatic carbocycles. The van der Waals surface area contributed by atoms with Gasteiger partial charge in [0.25, 0.3) is 0 Å². The second kappa shape index (κ2) is 16.3. The number of halogens is 1. The third kappa shape index (κ3) is 8.50. The highest BCUT2D eigenvalue weighted by Crippen LogP contribution is 2.38. The third-order valence-corrected chi connectivity index (χ3v) is 5.01. The molecule has 164 valence electrons. The zero-order chi connectivity index (χ0) is 22.9. The van der Waals surface area contributed by atoms with E-state index in [-0.39, 0.29) is 5.83 Å². The molecule has 2 rings (SSSR count). The number of allylic oxidation sites excluding steroid dienone is 5. The second-order valence-electron chi connectivity index (χ2n) is 6.38. The van der Waals surface area contributed by atoms with E-state index in [2.05, 4.69) is 61.3 Å². The van der Waals surface area contributed by atoms with Gasteiger partial charge >= 0.3 is 0 Å². The lowest BCUT2D eigenvalue weighted by molar-refractivity contribution is 0.668. The van der Waals surface area contributed by atoms with Crippen LogP contribution < -0.4 is 5.43 Å². The Morgan fingerprint density at radius 1 is 1.17 bits per heavy atom. The van der Waals surface area contributed by atoms with Crippen molar-refractivity contribution in [2.75, 3.05) is 6.54 Å². The zero-order valence-corrected chi connectivity index (χ0v) is 20.2. The van der Waals surface area contributed by atoms with Crippen LogP contribution in [-0.4, -0.2) is 13.3 Å². The van der Waals surface area contributed by atoms with Gasteiger partial charge in [0, 0.05) is 30.0 Å². The van der Waals surface area contributed by atoms with Crippen LogP contribution in [0.2, 0.25) is 0 Å². The largest absolute Gasteiger partial charge is 0.311 e. The summed E-state index contributed by atoms with van der Waals surface area (Å²) in [7, 11) is 0. The van der Waals surface area contributed by atoms with E-state index in [1.165, 1.54) is 16.7 Å². The van der Waals surface area contributed by atoms with Crippen molar-refractivity contribution < 1.29 is 4.39 Å². The minimum atomic E-state index is -0.131. The molecule has 0 radical (unpaired) electrons. The first-order valence-corrected chi connectivity index (χ1v) is 11.3. The monoisotopic (exact) mass is 428 g/mol. The molecule has 1 aromatic heterocycles. The number of nitrogens with one attached hydrogen (secondary N) is 1. The maximum absolute atomic E-state index is 14.4. The van der Waals surface area contributed by atoms with Gasteiger partial charge in [0.15, 0.2) is 0 Å². The van der Waals surface area contributed by atoms with Gasteiger partial charge in [0.1, 0.15) is 5.83 Å². The Morgan fingerprint density at radius 3 is 2.30 bits per heavy atom. The first kappa shape index (κ1) is 27.5. The maximum atomic E-state index is 14.4. The van der Waals surface area contributed by atoms with Crippen molar-refractivity contribution in [1.82, 2.24) is 5.43 Å². The fraction of sp³-hybridized carbons (Fsp3) is 0.346. The molecule has 0 atom stereocenters. The van der Waals surface area contributed by atoms with Crippen LogP contribution in [0.1, 0.15) is 57.7 Å². The number of benzene rings is 1. The van der Waals surface area contributed by atoms with E-state index in [4.69, 9.17) is 0 Å². The number of hydrogen-bond donors (Lipinski definition) is 1. The van der Waals surface area contributed by atoms with Gasteiger partial charge in [-0.2, -0.15) is 16.4 Å². The van der Waals surface area contributed by atoms with Crippen molar-refractivity contribution in [3.63, 3.8) is 0 Å². The van der Waals surface area contributed by atoms with Crippen molar-refractivity contribution in [3.05, 3.63) is 76.3 Å². The Kier molecular flexibility index (Phi) is 15.0. The molecule has 1 heterocycles. The van der Waals surface area contributed by atoms with Crippen molar-refractivity contribution in [2.45, 2.75) is 54.4 Å². The van der Waals surface area contributed by atoms with Crippen LogP contribution in [0.25, 0.3) is 16.7 Å². The number of rotatable bonds is 7. The van der Waals surface area contributed by atoms with E-state index in [0.29, 0.717) is 12.0 Å². The highest BCUT2D eigenvalue weighted by atomic mass is 32.1. The molecule has 0 unspecified atom stereocenters. The number of thiophene rings is 1. The molecule has 1 N–H and O–H groups in total. The summed E-state index contributed by atoms with van der Waals surface area (Å²) < 4.78 is 14.4. The molecule has 2 aromatic rings. The van der Waals surface area contributed by atoms with Crippen molar-refractivity contribution in [1.29, 1.82) is 0 Å². The summed E-state index contributed by atoms with van der Waals surface area (Å²) in [5.74, 6) is -0.131. The van der Waals surface area contributed by atoms with Gasteiger partial charge in [-0.1, -0.05) is 44.2 Å². The zero-order valence-electron chi connectivity index (χ0n) is 19.4. The van der Waals surface area contributed by atoms with E-state index >= 15 is 0 Å². The van der Waals surface area contributed by atoms with E-state index in [9.17, 15) is 4.39 Å². The highest BCUT2D eigenvalue weighted by molar-refractivity contribution is 7.08. The molecule has 0 bridgehead atoms. The Balaban J connectivity index is 0.000000902. The van der Waals surface area contributed by atoms with Crippen LogP contribution in [0, 0.1) is 6.92 Å². The molecule has 0 fully saturated rings. The first-order chi connectivity index (χ1) is 14.5. The summed E-state index contributed by atoms with van der Waals surface area (Å²) in [6.07, 6.45) is 6.98. The fourth-order valence-electron chi connectivity index (χ4n) is 2.90. The van der Waals surface area contributed by atoms with Crippen LogP contribution in [0.15, 0.2) is 64.7 Å². The van der Waals surface area contributed by atoms with Crippen LogP contribution in [0.3, 0.4) is 0 Å². The molecular formula is C26H37FN2S. The molecule has 2 nitrogen and oxygen atoms in total. The summed E-state index contributed by atoms with van der Waals surface area (Å²) in [6.45, 7) is 19.4. The van der Waals surface area contributed by atoms with Gasteiger partial charge in [-0.05, 0) is 74.1 Å². The number of aryl methyl sites for hydroxylation is 1. The maximum Gasteiger partial charge on any atom is 0.126 e. The molecular weight excluding hydrogens is 391 g/mol. The van der Waals surface area contributed by atoms with Gasteiger partial charge < -0.3 is 5.43 Å². The smallest absolute Gasteiger partial charge is 0.126 e. The topological polar surface area (TPSA) is 24.4 Å². The average Bonchev–Trinajstić information content (AvgIpc) is 3.20. The lowest BCUT2D eigenvalue weighted by atomic mass is 9.92. The normalized spacial score (nSPS) is 10.9. The molecule has 0 aliphatic rings. The second-order valence-corrected chi connectivity index (χ2v) is 7.13. The third-order valence-electron chi connectivity index (χ3n) is 4.27. The number of hydrazone groups is 1. The standard InChI is InChI=1S/C20H23FS.C3H8N2.C3H6/c1-5-9-20(21)16(7-3)18-12-22-13-19(18)17-11-8-10-15(6-2)14(17)4;1-3-5-4-2;1-3-2/h7-13H,5-6H2,1-4H3;5H,2-3H2,1H3;3H,1H2,2H3/b16-7-,20-9+;;. The van der Waals surface area contributed by atoms with Gasteiger partial charge in [-0.25, -0.2) is 4.39 Å². The minimum absolute atomic E-state index is 0.131. The van der Waals surface area contributed by atoms with Crippen LogP contribution in [0.5, 0.6) is 0 Å². The summed E-state index contributed by atoms with van der Waals surface area (Å²) in [6, 6.07) is 6.39. The summed E-state index contributed by atoms with van der Waals surface area (Å²) in [5, 5.41) is 7.53. The van der Waals surface area contributed by atoms with Gasteiger partial charge in [-0.3, -0.25) is 0 Å². The van der Waals surface area contributed by atoms with E-state index in [1.807, 2.05) is 39.2 Å². The Morgan fingerprint density at radius 2 is 1.83 bits per heavy atom. The molecule has 0 saturated carbocycles. The molecule has 0 spiro atoms. The van der Waals surface area contributed by atoms with E-state index in [0.717, 1.165) is 24.1 Å². The molecule has 0 aliphatic heterocycles. The van der Waals surface area contributed by atoms with Gasteiger partial charge in [0.05, 0.1) is 0 Å². The van der Waals surface area contributed by atoms with Crippen LogP contribution in [0.4, 0.5) is 4.39 Å². The van der Waals surface area contributed by atoms with Gasteiger partial charge in [0.2, 0.25) is 0 Å².